The first kappa shape index (κ1) is 12.6. The van der Waals surface area contributed by atoms with Crippen molar-refractivity contribution in [3.8, 4) is 0 Å². The van der Waals surface area contributed by atoms with E-state index in [1.165, 1.54) is 11.1 Å². The van der Waals surface area contributed by atoms with Crippen LogP contribution in [0.4, 0.5) is 0 Å². The van der Waals surface area contributed by atoms with Crippen LogP contribution in [-0.2, 0) is 9.53 Å². The van der Waals surface area contributed by atoms with Crippen molar-refractivity contribution in [2.75, 3.05) is 7.11 Å². The molecule has 1 saturated carbocycles. The summed E-state index contributed by atoms with van der Waals surface area (Å²) in [4.78, 5) is 12.5. The van der Waals surface area contributed by atoms with Gasteiger partial charge in [-0.25, -0.2) is 0 Å². The smallest absolute Gasteiger partial charge is 0.143 e. The monoisotopic (exact) mass is 256 g/mol. The molecular formula is C17H20O2. The maximum absolute atomic E-state index is 12.5. The van der Waals surface area contributed by atoms with Crippen LogP contribution in [0.15, 0.2) is 36.4 Å². The lowest BCUT2D eigenvalue weighted by Gasteiger charge is -2.52. The highest BCUT2D eigenvalue weighted by atomic mass is 16.5. The molecule has 4 rings (SSSR count). The van der Waals surface area contributed by atoms with E-state index in [1.54, 1.807) is 7.11 Å². The molecule has 2 heteroatoms. The molecule has 100 valence electrons. The standard InChI is InChI=1S/C17H20O2/c1-16-11-17(2,19-3)13(10-15(16)18)9-14(16)12-7-5-4-6-8-12/h4-9,13H,10-11H2,1-3H3/t13-,16+,17+/m1/s1. The number of fused-ring (bicyclic) bond motifs is 2. The predicted molar refractivity (Wildman–Crippen MR) is 75.7 cm³/mol. The van der Waals surface area contributed by atoms with Crippen molar-refractivity contribution >= 4 is 11.4 Å². The number of carbonyl (C=O) groups is 1. The molecule has 1 fully saturated rings. The van der Waals surface area contributed by atoms with Crippen molar-refractivity contribution in [3.05, 3.63) is 42.0 Å². The third kappa shape index (κ3) is 1.70. The first-order valence-electron chi connectivity index (χ1n) is 6.86. The van der Waals surface area contributed by atoms with Crippen LogP contribution in [0.2, 0.25) is 0 Å². The lowest BCUT2D eigenvalue weighted by molar-refractivity contribution is -0.144. The van der Waals surface area contributed by atoms with Crippen molar-refractivity contribution < 1.29 is 9.53 Å². The van der Waals surface area contributed by atoms with E-state index in [4.69, 9.17) is 4.74 Å². The van der Waals surface area contributed by atoms with E-state index in [0.29, 0.717) is 12.2 Å². The maximum Gasteiger partial charge on any atom is 0.143 e. The average Bonchev–Trinajstić information content (AvgIpc) is 2.41. The third-order valence-electron chi connectivity index (χ3n) is 5.02. The number of ether oxygens (including phenoxy) is 1. The number of carbonyl (C=O) groups excluding carboxylic acids is 1. The van der Waals surface area contributed by atoms with Gasteiger partial charge in [0.05, 0.1) is 11.0 Å². The summed E-state index contributed by atoms with van der Waals surface area (Å²) < 4.78 is 5.71. The molecule has 0 unspecified atom stereocenters. The maximum atomic E-state index is 12.5. The minimum Gasteiger partial charge on any atom is -0.378 e. The Morgan fingerprint density at radius 1 is 1.21 bits per heavy atom. The number of methoxy groups -OCH3 is 1. The van der Waals surface area contributed by atoms with Crippen LogP contribution in [0.5, 0.6) is 0 Å². The van der Waals surface area contributed by atoms with Crippen molar-refractivity contribution in [1.29, 1.82) is 0 Å². The van der Waals surface area contributed by atoms with Gasteiger partial charge in [-0.05, 0) is 31.4 Å². The number of hydrogen-bond donors (Lipinski definition) is 0. The molecule has 0 spiro atoms. The fourth-order valence-electron chi connectivity index (χ4n) is 3.69. The Balaban J connectivity index is 2.13. The van der Waals surface area contributed by atoms with E-state index >= 15 is 0 Å². The first-order valence-corrected chi connectivity index (χ1v) is 6.86. The number of benzene rings is 1. The molecule has 19 heavy (non-hydrogen) atoms. The average molecular weight is 256 g/mol. The van der Waals surface area contributed by atoms with Crippen LogP contribution in [0.1, 0.15) is 32.3 Å². The summed E-state index contributed by atoms with van der Waals surface area (Å²) in [5, 5.41) is 0. The third-order valence-corrected chi connectivity index (χ3v) is 5.02. The topological polar surface area (TPSA) is 26.3 Å². The molecule has 0 heterocycles. The molecule has 0 saturated heterocycles. The molecule has 2 bridgehead atoms. The molecule has 3 aliphatic rings. The molecule has 3 aliphatic carbocycles. The van der Waals surface area contributed by atoms with Gasteiger partial charge in [0.25, 0.3) is 0 Å². The zero-order valence-electron chi connectivity index (χ0n) is 11.8. The predicted octanol–water partition coefficient (Wildman–Crippen LogP) is 3.47. The van der Waals surface area contributed by atoms with Crippen molar-refractivity contribution in [3.63, 3.8) is 0 Å². The SMILES string of the molecule is CO[C@@]1(C)C[C@]2(C)C(=O)C[C@H]1C=C2c1ccccc1. The number of allylic oxidation sites excluding steroid dienone is 1. The summed E-state index contributed by atoms with van der Waals surface area (Å²) in [5.41, 5.74) is 1.74. The Morgan fingerprint density at radius 2 is 1.89 bits per heavy atom. The highest BCUT2D eigenvalue weighted by molar-refractivity contribution is 6.01. The summed E-state index contributed by atoms with van der Waals surface area (Å²) in [6, 6.07) is 10.3. The highest BCUT2D eigenvalue weighted by Gasteiger charge is 2.55. The van der Waals surface area contributed by atoms with Gasteiger partial charge in [-0.3, -0.25) is 4.79 Å². The van der Waals surface area contributed by atoms with Crippen LogP contribution in [-0.4, -0.2) is 18.5 Å². The van der Waals surface area contributed by atoms with E-state index in [-0.39, 0.29) is 11.5 Å². The summed E-state index contributed by atoms with van der Waals surface area (Å²) in [6.07, 6.45) is 3.65. The van der Waals surface area contributed by atoms with Gasteiger partial charge in [-0.1, -0.05) is 36.4 Å². The summed E-state index contributed by atoms with van der Waals surface area (Å²) >= 11 is 0. The van der Waals surface area contributed by atoms with E-state index in [1.807, 2.05) is 18.2 Å². The zero-order valence-corrected chi connectivity index (χ0v) is 11.8. The first-order chi connectivity index (χ1) is 8.99. The van der Waals surface area contributed by atoms with Crippen LogP contribution in [0, 0.1) is 11.3 Å². The summed E-state index contributed by atoms with van der Waals surface area (Å²) in [5.74, 6) is 0.551. The van der Waals surface area contributed by atoms with Gasteiger partial charge in [0, 0.05) is 19.4 Å². The zero-order chi connectivity index (χ0) is 13.7. The Hall–Kier alpha value is -1.41. The quantitative estimate of drug-likeness (QED) is 0.810. The highest BCUT2D eigenvalue weighted by Crippen LogP contribution is 2.56. The second kappa shape index (κ2) is 4.04. The van der Waals surface area contributed by atoms with E-state index in [2.05, 4.69) is 32.1 Å². The molecule has 1 aromatic carbocycles. The van der Waals surface area contributed by atoms with Crippen molar-refractivity contribution in [2.45, 2.75) is 32.3 Å². The van der Waals surface area contributed by atoms with Gasteiger partial charge in [-0.15, -0.1) is 0 Å². The normalized spacial score (nSPS) is 37.3. The van der Waals surface area contributed by atoms with E-state index < -0.39 is 5.41 Å². The Bertz CT molecular complexity index is 546. The van der Waals surface area contributed by atoms with E-state index in [9.17, 15) is 4.79 Å². The Kier molecular flexibility index (Phi) is 2.68. The Labute approximate surface area is 114 Å². The molecular weight excluding hydrogens is 236 g/mol. The van der Waals surface area contributed by atoms with Crippen LogP contribution in [0.3, 0.4) is 0 Å². The molecule has 3 atom stereocenters. The van der Waals surface area contributed by atoms with E-state index in [0.717, 1.165) is 6.42 Å². The molecule has 0 N–H and O–H groups in total. The van der Waals surface area contributed by atoms with Crippen LogP contribution in [0.25, 0.3) is 5.57 Å². The fraction of sp³-hybridized carbons (Fsp3) is 0.471. The van der Waals surface area contributed by atoms with Crippen LogP contribution >= 0.6 is 0 Å². The molecule has 0 amide bonds. The molecule has 0 radical (unpaired) electrons. The second-order valence-corrected chi connectivity index (χ2v) is 6.21. The Morgan fingerprint density at radius 3 is 2.53 bits per heavy atom. The lowest BCUT2D eigenvalue weighted by Crippen LogP contribution is -2.54. The van der Waals surface area contributed by atoms with Gasteiger partial charge >= 0.3 is 0 Å². The van der Waals surface area contributed by atoms with Gasteiger partial charge in [0.15, 0.2) is 0 Å². The van der Waals surface area contributed by atoms with Crippen molar-refractivity contribution in [2.24, 2.45) is 11.3 Å². The largest absolute Gasteiger partial charge is 0.378 e. The van der Waals surface area contributed by atoms with Gasteiger partial charge in [-0.2, -0.15) is 0 Å². The van der Waals surface area contributed by atoms with Gasteiger partial charge in [0.2, 0.25) is 0 Å². The minimum atomic E-state index is -0.402. The fourth-order valence-corrected chi connectivity index (χ4v) is 3.69. The minimum absolute atomic E-state index is 0.196. The van der Waals surface area contributed by atoms with Gasteiger partial charge in [0.1, 0.15) is 5.78 Å². The van der Waals surface area contributed by atoms with Crippen molar-refractivity contribution in [1.82, 2.24) is 0 Å². The molecule has 0 aromatic heterocycles. The molecule has 2 nitrogen and oxygen atoms in total. The number of ketones is 1. The lowest BCUT2D eigenvalue weighted by atomic mass is 9.54. The summed E-state index contributed by atoms with van der Waals surface area (Å²) in [6.45, 7) is 4.20. The van der Waals surface area contributed by atoms with Crippen LogP contribution < -0.4 is 0 Å². The number of Topliss-reactive ketones (excluding diaryl/α,β-unsaturated/α-hetero) is 1. The second-order valence-electron chi connectivity index (χ2n) is 6.21. The van der Waals surface area contributed by atoms with Gasteiger partial charge < -0.3 is 4.74 Å². The number of hydrogen-bond acceptors (Lipinski definition) is 2. The number of rotatable bonds is 2. The summed E-state index contributed by atoms with van der Waals surface area (Å²) in [7, 11) is 1.75. The molecule has 1 aromatic rings. The molecule has 0 aliphatic heterocycles.